The number of nitrogens with one attached hydrogen (secondary N) is 1. The fourth-order valence-corrected chi connectivity index (χ4v) is 3.16. The molecule has 0 aliphatic heterocycles. The maximum Gasteiger partial charge on any atom is 0.338 e. The van der Waals surface area contributed by atoms with E-state index in [1.165, 1.54) is 0 Å². The van der Waals surface area contributed by atoms with E-state index in [1.807, 2.05) is 31.2 Å². The minimum atomic E-state index is -0.372. The second-order valence-electron chi connectivity index (χ2n) is 6.75. The molecule has 152 valence electrons. The van der Waals surface area contributed by atoms with E-state index >= 15 is 0 Å². The number of nitrogens with zero attached hydrogens (tertiary/aromatic N) is 1. The summed E-state index contributed by atoms with van der Waals surface area (Å²) in [6.45, 7) is 8.92. The molecule has 3 rings (SSSR count). The number of carbonyl (C=O) groups excluding carboxylic acids is 2. The lowest BCUT2D eigenvalue weighted by Crippen LogP contribution is -2.27. The predicted octanol–water partition coefficient (Wildman–Crippen LogP) is 4.49. The van der Waals surface area contributed by atoms with Gasteiger partial charge in [0.15, 0.2) is 5.76 Å². The number of furan rings is 1. The Labute approximate surface area is 170 Å². The first-order valence-electron chi connectivity index (χ1n) is 9.82. The van der Waals surface area contributed by atoms with Gasteiger partial charge in [-0.05, 0) is 50.3 Å². The van der Waals surface area contributed by atoms with Crippen LogP contribution in [-0.4, -0.2) is 43.0 Å². The van der Waals surface area contributed by atoms with Crippen LogP contribution in [0.5, 0.6) is 0 Å². The van der Waals surface area contributed by atoms with Crippen LogP contribution in [0.25, 0.3) is 11.0 Å². The second-order valence-corrected chi connectivity index (χ2v) is 6.75. The van der Waals surface area contributed by atoms with Crippen molar-refractivity contribution in [2.45, 2.75) is 20.8 Å². The average molecular weight is 394 g/mol. The van der Waals surface area contributed by atoms with Gasteiger partial charge in [-0.1, -0.05) is 32.0 Å². The molecule has 1 amide bonds. The van der Waals surface area contributed by atoms with Gasteiger partial charge < -0.3 is 19.4 Å². The van der Waals surface area contributed by atoms with Gasteiger partial charge >= 0.3 is 5.97 Å². The first-order chi connectivity index (χ1) is 14.0. The second kappa shape index (κ2) is 9.39. The number of hydrogen-bond donors (Lipinski definition) is 1. The summed E-state index contributed by atoms with van der Waals surface area (Å²) in [6.07, 6.45) is 0. The Morgan fingerprint density at radius 2 is 1.72 bits per heavy atom. The standard InChI is InChI=1S/C23H26N2O4/c1-4-25(5-2)14-15-28-23(27)17-10-12-18(13-11-17)24-22(26)21-16(3)19-8-6-7-9-20(19)29-21/h6-13H,4-5,14-15H2,1-3H3,(H,24,26). The predicted molar refractivity (Wildman–Crippen MR) is 113 cm³/mol. The highest BCUT2D eigenvalue weighted by Crippen LogP contribution is 2.25. The molecule has 0 saturated carbocycles. The molecule has 0 aliphatic carbocycles. The van der Waals surface area contributed by atoms with Crippen LogP contribution in [0.4, 0.5) is 5.69 Å². The van der Waals surface area contributed by atoms with Crippen molar-refractivity contribution in [2.24, 2.45) is 0 Å². The Kier molecular flexibility index (Phi) is 6.67. The molecule has 0 saturated heterocycles. The van der Waals surface area contributed by atoms with Gasteiger partial charge in [-0.15, -0.1) is 0 Å². The van der Waals surface area contributed by atoms with E-state index in [-0.39, 0.29) is 17.6 Å². The number of esters is 1. The number of aryl methyl sites for hydroxylation is 1. The van der Waals surface area contributed by atoms with Crippen molar-refractivity contribution in [3.05, 3.63) is 65.4 Å². The van der Waals surface area contributed by atoms with Gasteiger partial charge in [0.2, 0.25) is 0 Å². The Hall–Kier alpha value is -3.12. The number of para-hydroxylation sites is 1. The first-order valence-corrected chi connectivity index (χ1v) is 9.82. The fourth-order valence-electron chi connectivity index (χ4n) is 3.16. The lowest BCUT2D eigenvalue weighted by atomic mass is 10.1. The first kappa shape index (κ1) is 20.6. The summed E-state index contributed by atoms with van der Waals surface area (Å²) in [7, 11) is 0. The van der Waals surface area contributed by atoms with Crippen LogP contribution in [0.1, 0.15) is 40.3 Å². The van der Waals surface area contributed by atoms with Gasteiger partial charge in [0, 0.05) is 23.2 Å². The van der Waals surface area contributed by atoms with E-state index in [2.05, 4.69) is 24.1 Å². The lowest BCUT2D eigenvalue weighted by molar-refractivity contribution is 0.0466. The van der Waals surface area contributed by atoms with Crippen LogP contribution >= 0.6 is 0 Å². The van der Waals surface area contributed by atoms with Crippen molar-refractivity contribution in [1.82, 2.24) is 4.90 Å². The molecule has 0 spiro atoms. The van der Waals surface area contributed by atoms with Gasteiger partial charge in [0.05, 0.1) is 5.56 Å². The number of hydrogen-bond acceptors (Lipinski definition) is 5. The van der Waals surface area contributed by atoms with Crippen LogP contribution in [0.15, 0.2) is 52.9 Å². The van der Waals surface area contributed by atoms with Crippen LogP contribution < -0.4 is 5.32 Å². The molecule has 0 unspecified atom stereocenters. The molecule has 1 N–H and O–H groups in total. The van der Waals surface area contributed by atoms with Gasteiger partial charge in [-0.25, -0.2) is 4.79 Å². The number of anilines is 1. The third kappa shape index (κ3) is 4.84. The van der Waals surface area contributed by atoms with Crippen molar-refractivity contribution in [1.29, 1.82) is 0 Å². The highest BCUT2D eigenvalue weighted by atomic mass is 16.5. The van der Waals surface area contributed by atoms with Gasteiger partial charge in [0.25, 0.3) is 5.91 Å². The van der Waals surface area contributed by atoms with Crippen molar-refractivity contribution < 1.29 is 18.7 Å². The van der Waals surface area contributed by atoms with E-state index in [4.69, 9.17) is 9.15 Å². The van der Waals surface area contributed by atoms with Crippen molar-refractivity contribution in [3.63, 3.8) is 0 Å². The molecular weight excluding hydrogens is 368 g/mol. The summed E-state index contributed by atoms with van der Waals surface area (Å²) in [6, 6.07) is 14.2. The van der Waals surface area contributed by atoms with E-state index in [9.17, 15) is 9.59 Å². The van der Waals surface area contributed by atoms with E-state index in [1.54, 1.807) is 24.3 Å². The minimum Gasteiger partial charge on any atom is -0.461 e. The molecule has 1 heterocycles. The molecule has 0 bridgehead atoms. The number of likely N-dealkylation sites (N-methyl/N-ethyl adjacent to an activating group) is 1. The summed E-state index contributed by atoms with van der Waals surface area (Å²) in [5.41, 5.74) is 2.50. The Morgan fingerprint density at radius 3 is 2.38 bits per heavy atom. The average Bonchev–Trinajstić information content (AvgIpc) is 3.08. The summed E-state index contributed by atoms with van der Waals surface area (Å²) < 4.78 is 11.0. The third-order valence-electron chi connectivity index (χ3n) is 4.96. The molecular formula is C23H26N2O4. The zero-order valence-corrected chi connectivity index (χ0v) is 17.0. The number of rotatable bonds is 8. The van der Waals surface area contributed by atoms with Crippen molar-refractivity contribution in [3.8, 4) is 0 Å². The van der Waals surface area contributed by atoms with E-state index in [0.29, 0.717) is 30.0 Å². The van der Waals surface area contributed by atoms with E-state index in [0.717, 1.165) is 24.0 Å². The van der Waals surface area contributed by atoms with Gasteiger partial charge in [-0.3, -0.25) is 4.79 Å². The molecule has 0 aliphatic rings. The van der Waals surface area contributed by atoms with Crippen LogP contribution in [0.2, 0.25) is 0 Å². The van der Waals surface area contributed by atoms with E-state index < -0.39 is 0 Å². The summed E-state index contributed by atoms with van der Waals surface area (Å²) in [5, 5.41) is 3.73. The Morgan fingerprint density at radius 1 is 1.03 bits per heavy atom. The van der Waals surface area contributed by atoms with Crippen LogP contribution in [0, 0.1) is 6.92 Å². The Balaban J connectivity index is 1.60. The Bertz CT molecular complexity index is 988. The number of fused-ring (bicyclic) bond motifs is 1. The molecule has 29 heavy (non-hydrogen) atoms. The summed E-state index contributed by atoms with van der Waals surface area (Å²) in [4.78, 5) is 26.9. The zero-order valence-electron chi connectivity index (χ0n) is 17.0. The quantitative estimate of drug-likeness (QED) is 0.570. The van der Waals surface area contributed by atoms with Crippen molar-refractivity contribution >= 4 is 28.5 Å². The summed E-state index contributed by atoms with van der Waals surface area (Å²) >= 11 is 0. The summed E-state index contributed by atoms with van der Waals surface area (Å²) in [5.74, 6) is -0.414. The highest BCUT2D eigenvalue weighted by Gasteiger charge is 2.17. The largest absolute Gasteiger partial charge is 0.461 e. The molecule has 0 atom stereocenters. The minimum absolute atomic E-state index is 0.283. The molecule has 0 radical (unpaired) electrons. The molecule has 1 aromatic heterocycles. The normalized spacial score (nSPS) is 11.0. The number of ether oxygens (including phenoxy) is 1. The maximum absolute atomic E-state index is 12.6. The lowest BCUT2D eigenvalue weighted by Gasteiger charge is -2.17. The molecule has 3 aromatic rings. The maximum atomic E-state index is 12.6. The number of benzene rings is 2. The molecule has 2 aromatic carbocycles. The topological polar surface area (TPSA) is 71.8 Å². The number of carbonyl (C=O) groups is 2. The SMILES string of the molecule is CCN(CC)CCOC(=O)c1ccc(NC(=O)c2oc3ccccc3c2C)cc1. The molecule has 6 nitrogen and oxygen atoms in total. The molecule has 0 fully saturated rings. The smallest absolute Gasteiger partial charge is 0.338 e. The fraction of sp³-hybridized carbons (Fsp3) is 0.304. The van der Waals surface area contributed by atoms with Crippen LogP contribution in [0.3, 0.4) is 0 Å². The highest BCUT2D eigenvalue weighted by molar-refractivity contribution is 6.06. The van der Waals surface area contributed by atoms with Crippen LogP contribution in [-0.2, 0) is 4.74 Å². The van der Waals surface area contributed by atoms with Gasteiger partial charge in [-0.2, -0.15) is 0 Å². The van der Waals surface area contributed by atoms with Crippen molar-refractivity contribution in [2.75, 3.05) is 31.6 Å². The number of amides is 1. The monoisotopic (exact) mass is 394 g/mol. The zero-order chi connectivity index (χ0) is 20.8. The molecule has 6 heteroatoms. The van der Waals surface area contributed by atoms with Gasteiger partial charge in [0.1, 0.15) is 12.2 Å². The third-order valence-corrected chi connectivity index (χ3v) is 4.96.